The number of esters is 1. The van der Waals surface area contributed by atoms with Crippen molar-refractivity contribution in [1.82, 2.24) is 10.2 Å². The molecule has 3 aromatic rings. The van der Waals surface area contributed by atoms with Crippen molar-refractivity contribution >= 4 is 11.7 Å². The molecule has 8 heteroatoms. The second kappa shape index (κ2) is 7.14. The first-order valence-electron chi connectivity index (χ1n) is 7.75. The summed E-state index contributed by atoms with van der Waals surface area (Å²) in [5.41, 5.74) is 2.77. The third kappa shape index (κ3) is 3.75. The Kier molecular flexibility index (Phi) is 4.74. The molecule has 0 radical (unpaired) electrons. The van der Waals surface area contributed by atoms with Crippen LogP contribution in [-0.4, -0.2) is 21.1 Å². The second-order valence-electron chi connectivity index (χ2n) is 5.70. The zero-order chi connectivity index (χ0) is 18.7. The van der Waals surface area contributed by atoms with Gasteiger partial charge in [-0.25, -0.2) is 4.79 Å². The Morgan fingerprint density at radius 1 is 1.15 bits per heavy atom. The molecule has 0 atom stereocenters. The number of nitro benzene ring substituents is 1. The van der Waals surface area contributed by atoms with E-state index in [9.17, 15) is 14.9 Å². The van der Waals surface area contributed by atoms with E-state index in [1.807, 2.05) is 26.0 Å². The van der Waals surface area contributed by atoms with Gasteiger partial charge >= 0.3 is 5.97 Å². The zero-order valence-corrected chi connectivity index (χ0v) is 14.1. The number of aryl methyl sites for hydroxylation is 2. The fourth-order valence-electron chi connectivity index (χ4n) is 2.32. The number of carbonyl (C=O) groups excluding carboxylic acids is 1. The van der Waals surface area contributed by atoms with Crippen LogP contribution in [0.3, 0.4) is 0 Å². The summed E-state index contributed by atoms with van der Waals surface area (Å²) < 4.78 is 10.7. The first-order chi connectivity index (χ1) is 12.4. The standard InChI is InChI=1S/C18H15N3O5/c1-11-3-4-12(2)15(9-11)18(22)25-10-16-19-20-17(26-16)13-5-7-14(8-6-13)21(23)24/h3-9H,10H2,1-2H3. The van der Waals surface area contributed by atoms with Gasteiger partial charge in [-0.1, -0.05) is 17.7 Å². The van der Waals surface area contributed by atoms with E-state index >= 15 is 0 Å². The summed E-state index contributed by atoms with van der Waals surface area (Å²) in [5.74, 6) is -0.143. The van der Waals surface area contributed by atoms with E-state index in [2.05, 4.69) is 10.2 Å². The van der Waals surface area contributed by atoms with Crippen LogP contribution >= 0.6 is 0 Å². The molecule has 0 saturated carbocycles. The molecule has 0 bridgehead atoms. The summed E-state index contributed by atoms with van der Waals surface area (Å²) in [6, 6.07) is 11.2. The molecule has 2 aromatic carbocycles. The van der Waals surface area contributed by atoms with Gasteiger partial charge < -0.3 is 9.15 Å². The molecular weight excluding hydrogens is 338 g/mol. The molecule has 1 heterocycles. The lowest BCUT2D eigenvalue weighted by Crippen LogP contribution is -2.07. The van der Waals surface area contributed by atoms with Crippen LogP contribution in [0.1, 0.15) is 27.4 Å². The lowest BCUT2D eigenvalue weighted by atomic mass is 10.1. The quantitative estimate of drug-likeness (QED) is 0.391. The fraction of sp³-hybridized carbons (Fsp3) is 0.167. The summed E-state index contributed by atoms with van der Waals surface area (Å²) in [7, 11) is 0. The monoisotopic (exact) mass is 353 g/mol. The minimum absolute atomic E-state index is 0.0315. The number of nitro groups is 1. The van der Waals surface area contributed by atoms with E-state index in [-0.39, 0.29) is 24.1 Å². The maximum absolute atomic E-state index is 12.2. The molecule has 0 amide bonds. The molecule has 1 aromatic heterocycles. The van der Waals surface area contributed by atoms with E-state index in [0.717, 1.165) is 11.1 Å². The van der Waals surface area contributed by atoms with Crippen LogP contribution in [-0.2, 0) is 11.3 Å². The molecule has 0 spiro atoms. The summed E-state index contributed by atoms with van der Waals surface area (Å²) in [6.45, 7) is 3.56. The molecule has 0 saturated heterocycles. The van der Waals surface area contributed by atoms with Crippen LogP contribution in [0.4, 0.5) is 5.69 Å². The van der Waals surface area contributed by atoms with Gasteiger partial charge in [0.1, 0.15) is 0 Å². The third-order valence-corrected chi connectivity index (χ3v) is 3.73. The molecule has 0 N–H and O–H groups in total. The van der Waals surface area contributed by atoms with Crippen LogP contribution in [0.5, 0.6) is 0 Å². The van der Waals surface area contributed by atoms with E-state index < -0.39 is 10.9 Å². The number of hydrogen-bond acceptors (Lipinski definition) is 7. The van der Waals surface area contributed by atoms with Gasteiger partial charge in [0, 0.05) is 17.7 Å². The Hall–Kier alpha value is -3.55. The predicted molar refractivity (Wildman–Crippen MR) is 91.4 cm³/mol. The first-order valence-corrected chi connectivity index (χ1v) is 7.75. The molecule has 132 valence electrons. The van der Waals surface area contributed by atoms with Crippen molar-refractivity contribution in [3.8, 4) is 11.5 Å². The van der Waals surface area contributed by atoms with Gasteiger partial charge in [-0.2, -0.15) is 0 Å². The fourth-order valence-corrected chi connectivity index (χ4v) is 2.32. The maximum Gasteiger partial charge on any atom is 0.338 e. The van der Waals surface area contributed by atoms with Gasteiger partial charge in [0.05, 0.1) is 10.5 Å². The number of ether oxygens (including phenoxy) is 1. The lowest BCUT2D eigenvalue weighted by Gasteiger charge is -2.06. The average molecular weight is 353 g/mol. The smallest absolute Gasteiger partial charge is 0.338 e. The number of hydrogen-bond donors (Lipinski definition) is 0. The van der Waals surface area contributed by atoms with Crippen molar-refractivity contribution in [1.29, 1.82) is 0 Å². The Morgan fingerprint density at radius 3 is 2.58 bits per heavy atom. The predicted octanol–water partition coefficient (Wildman–Crippen LogP) is 3.62. The number of rotatable bonds is 5. The molecule has 26 heavy (non-hydrogen) atoms. The number of non-ortho nitro benzene ring substituents is 1. The van der Waals surface area contributed by atoms with Crippen molar-refractivity contribution in [3.63, 3.8) is 0 Å². The summed E-state index contributed by atoms with van der Waals surface area (Å²) >= 11 is 0. The van der Waals surface area contributed by atoms with Crippen molar-refractivity contribution in [3.05, 3.63) is 75.2 Å². The molecule has 0 fully saturated rings. The largest absolute Gasteiger partial charge is 0.452 e. The van der Waals surface area contributed by atoms with Crippen molar-refractivity contribution in [2.45, 2.75) is 20.5 Å². The second-order valence-corrected chi connectivity index (χ2v) is 5.70. The average Bonchev–Trinajstić information content (AvgIpc) is 3.11. The first kappa shape index (κ1) is 17.3. The third-order valence-electron chi connectivity index (χ3n) is 3.73. The Morgan fingerprint density at radius 2 is 1.88 bits per heavy atom. The number of aromatic nitrogens is 2. The van der Waals surface area contributed by atoms with Crippen LogP contribution in [0.15, 0.2) is 46.9 Å². The number of nitrogens with zero attached hydrogens (tertiary/aromatic N) is 3. The molecular formula is C18H15N3O5. The Bertz CT molecular complexity index is 963. The van der Waals surface area contributed by atoms with Crippen LogP contribution in [0.2, 0.25) is 0 Å². The Labute approximate surface area is 148 Å². The van der Waals surface area contributed by atoms with Gasteiger partial charge in [0.15, 0.2) is 6.61 Å². The maximum atomic E-state index is 12.2. The van der Waals surface area contributed by atoms with Crippen LogP contribution < -0.4 is 0 Å². The summed E-state index contributed by atoms with van der Waals surface area (Å²) in [5, 5.41) is 18.4. The van der Waals surface area contributed by atoms with Crippen molar-refractivity contribution in [2.75, 3.05) is 0 Å². The van der Waals surface area contributed by atoms with Gasteiger partial charge in [-0.3, -0.25) is 10.1 Å². The van der Waals surface area contributed by atoms with E-state index in [0.29, 0.717) is 11.1 Å². The highest BCUT2D eigenvalue weighted by Gasteiger charge is 2.15. The Balaban J connectivity index is 1.68. The normalized spacial score (nSPS) is 10.5. The van der Waals surface area contributed by atoms with Crippen LogP contribution in [0.25, 0.3) is 11.5 Å². The minimum atomic E-state index is -0.490. The van der Waals surface area contributed by atoms with Gasteiger partial charge in [-0.05, 0) is 37.6 Å². The molecule has 8 nitrogen and oxygen atoms in total. The van der Waals surface area contributed by atoms with Gasteiger partial charge in [0.25, 0.3) is 11.6 Å². The highest BCUT2D eigenvalue weighted by atomic mass is 16.6. The molecule has 0 aliphatic carbocycles. The summed E-state index contributed by atoms with van der Waals surface area (Å²) in [4.78, 5) is 22.4. The zero-order valence-electron chi connectivity index (χ0n) is 14.1. The van der Waals surface area contributed by atoms with Crippen molar-refractivity contribution in [2.24, 2.45) is 0 Å². The number of benzene rings is 2. The van der Waals surface area contributed by atoms with E-state index in [4.69, 9.17) is 9.15 Å². The van der Waals surface area contributed by atoms with Gasteiger partial charge in [0.2, 0.25) is 5.89 Å². The molecule has 0 unspecified atom stereocenters. The molecule has 0 aliphatic rings. The molecule has 3 rings (SSSR count). The topological polar surface area (TPSA) is 108 Å². The highest BCUT2D eigenvalue weighted by Crippen LogP contribution is 2.21. The van der Waals surface area contributed by atoms with Gasteiger partial charge in [-0.15, -0.1) is 10.2 Å². The van der Waals surface area contributed by atoms with Crippen molar-refractivity contribution < 1.29 is 18.9 Å². The lowest BCUT2D eigenvalue weighted by molar-refractivity contribution is -0.384. The van der Waals surface area contributed by atoms with Crippen LogP contribution in [0, 0.1) is 24.0 Å². The number of carbonyl (C=O) groups is 1. The highest BCUT2D eigenvalue weighted by molar-refractivity contribution is 5.91. The van der Waals surface area contributed by atoms with E-state index in [1.54, 1.807) is 6.07 Å². The summed E-state index contributed by atoms with van der Waals surface area (Å²) in [6.07, 6.45) is 0. The minimum Gasteiger partial charge on any atom is -0.452 e. The van der Waals surface area contributed by atoms with E-state index in [1.165, 1.54) is 24.3 Å². The molecule has 0 aliphatic heterocycles. The SMILES string of the molecule is Cc1ccc(C)c(C(=O)OCc2nnc(-c3ccc([N+](=O)[O-])cc3)o2)c1.